The molecule has 0 heteroatoms. The van der Waals surface area contributed by atoms with Gasteiger partial charge in [-0.3, -0.25) is 0 Å². The third-order valence-electron chi connectivity index (χ3n) is 8.18. The summed E-state index contributed by atoms with van der Waals surface area (Å²) in [6.45, 7) is 5.28. The molecular weight excluding hydrogens is 324 g/mol. The Morgan fingerprint density at radius 2 is 0.407 bits per heavy atom. The van der Waals surface area contributed by atoms with Gasteiger partial charge in [0.2, 0.25) is 0 Å². The highest BCUT2D eigenvalue weighted by Gasteiger charge is 2.24. The van der Waals surface area contributed by atoms with E-state index in [1.165, 1.54) is 148 Å². The van der Waals surface area contributed by atoms with Gasteiger partial charge in [-0.15, -0.1) is 0 Å². The average molecular weight is 377 g/mol. The fourth-order valence-electron chi connectivity index (χ4n) is 6.01. The third kappa shape index (κ3) is 10.4. The van der Waals surface area contributed by atoms with Crippen LogP contribution in [0.1, 0.15) is 162 Å². The summed E-state index contributed by atoms with van der Waals surface area (Å²) >= 11 is 0. The zero-order chi connectivity index (χ0) is 19.3. The van der Waals surface area contributed by atoms with Gasteiger partial charge in [-0.1, -0.05) is 123 Å². The molecule has 0 aromatic carbocycles. The number of fused-ring (bicyclic) bond motifs is 8. The summed E-state index contributed by atoms with van der Waals surface area (Å²) in [6, 6.07) is 0. The van der Waals surface area contributed by atoms with E-state index in [4.69, 9.17) is 0 Å². The standard InChI is InChI=1S/C27H52/c1-26-20-14-8-3-5-10-16-22-27(2,25-19-13-7-12-18-24-26)23-17-11-6-4-9-15-21-26/h3-25H2,1-2H3. The fourth-order valence-corrected chi connectivity index (χ4v) is 6.01. The van der Waals surface area contributed by atoms with Crippen LogP contribution in [-0.4, -0.2) is 0 Å². The molecule has 27 heavy (non-hydrogen) atoms. The van der Waals surface area contributed by atoms with Crippen LogP contribution in [0.15, 0.2) is 0 Å². The zero-order valence-corrected chi connectivity index (χ0v) is 19.3. The van der Waals surface area contributed by atoms with Crippen molar-refractivity contribution in [2.45, 2.75) is 162 Å². The minimum atomic E-state index is 0.653. The van der Waals surface area contributed by atoms with E-state index in [-0.39, 0.29) is 0 Å². The molecule has 160 valence electrons. The summed E-state index contributed by atoms with van der Waals surface area (Å²) in [6.07, 6.45) is 34.4. The molecule has 0 nitrogen and oxygen atoms in total. The molecule has 2 rings (SSSR count). The lowest BCUT2D eigenvalue weighted by Gasteiger charge is -2.30. The topological polar surface area (TPSA) is 0 Å². The van der Waals surface area contributed by atoms with E-state index in [0.29, 0.717) is 10.8 Å². The molecule has 0 N–H and O–H groups in total. The van der Waals surface area contributed by atoms with Crippen LogP contribution < -0.4 is 0 Å². The smallest absolute Gasteiger partial charge is 0.0326 e. The van der Waals surface area contributed by atoms with Crippen molar-refractivity contribution in [3.8, 4) is 0 Å². The molecule has 0 spiro atoms. The van der Waals surface area contributed by atoms with E-state index in [2.05, 4.69) is 13.8 Å². The molecule has 0 atom stereocenters. The van der Waals surface area contributed by atoms with E-state index in [0.717, 1.165) is 0 Å². The second kappa shape index (κ2) is 13.3. The number of hydrogen-bond donors (Lipinski definition) is 0. The largest absolute Gasteiger partial charge is 0.0596 e. The molecule has 0 aliphatic heterocycles. The lowest BCUT2D eigenvalue weighted by atomic mass is 9.75. The minimum Gasteiger partial charge on any atom is -0.0596 e. The molecule has 0 amide bonds. The maximum atomic E-state index is 2.64. The maximum Gasteiger partial charge on any atom is -0.0326 e. The Labute approximate surface area is 172 Å². The zero-order valence-electron chi connectivity index (χ0n) is 19.3. The summed E-state index contributed by atoms with van der Waals surface area (Å²) < 4.78 is 0. The highest BCUT2D eigenvalue weighted by molar-refractivity contribution is 4.77. The van der Waals surface area contributed by atoms with Crippen LogP contribution in [0, 0.1) is 10.8 Å². The molecule has 2 aliphatic carbocycles. The van der Waals surface area contributed by atoms with Crippen molar-refractivity contribution in [3.63, 3.8) is 0 Å². The molecule has 0 aromatic rings. The van der Waals surface area contributed by atoms with Gasteiger partial charge in [0.15, 0.2) is 0 Å². The molecule has 0 saturated heterocycles. The summed E-state index contributed by atoms with van der Waals surface area (Å²) in [5.41, 5.74) is 1.31. The van der Waals surface area contributed by atoms with Crippen LogP contribution in [0.25, 0.3) is 0 Å². The van der Waals surface area contributed by atoms with Gasteiger partial charge in [-0.05, 0) is 49.4 Å². The Kier molecular flexibility index (Phi) is 11.4. The summed E-state index contributed by atoms with van der Waals surface area (Å²) in [4.78, 5) is 0. The third-order valence-corrected chi connectivity index (χ3v) is 8.18. The quantitative estimate of drug-likeness (QED) is 0.394. The van der Waals surface area contributed by atoms with Gasteiger partial charge < -0.3 is 0 Å². The van der Waals surface area contributed by atoms with Crippen molar-refractivity contribution in [1.82, 2.24) is 0 Å². The van der Waals surface area contributed by atoms with Crippen LogP contribution in [0.2, 0.25) is 0 Å². The molecule has 0 aromatic heterocycles. The first-order valence-electron chi connectivity index (χ1n) is 13.1. The first-order valence-corrected chi connectivity index (χ1v) is 13.1. The van der Waals surface area contributed by atoms with Gasteiger partial charge in [0.1, 0.15) is 0 Å². The lowest BCUT2D eigenvalue weighted by molar-refractivity contribution is 0.221. The van der Waals surface area contributed by atoms with Crippen molar-refractivity contribution in [2.75, 3.05) is 0 Å². The van der Waals surface area contributed by atoms with Crippen molar-refractivity contribution in [3.05, 3.63) is 0 Å². The highest BCUT2D eigenvalue weighted by atomic mass is 14.3. The first-order chi connectivity index (χ1) is 13.1. The van der Waals surface area contributed by atoms with E-state index in [1.54, 1.807) is 0 Å². The Morgan fingerprint density at radius 3 is 0.593 bits per heavy atom. The first kappa shape index (κ1) is 23.3. The van der Waals surface area contributed by atoms with Crippen molar-refractivity contribution < 1.29 is 0 Å². The minimum absolute atomic E-state index is 0.653. The molecule has 2 saturated carbocycles. The van der Waals surface area contributed by atoms with Crippen LogP contribution in [0.5, 0.6) is 0 Å². The fraction of sp³-hybridized carbons (Fsp3) is 1.00. The van der Waals surface area contributed by atoms with Gasteiger partial charge >= 0.3 is 0 Å². The molecule has 2 aliphatic rings. The van der Waals surface area contributed by atoms with Gasteiger partial charge in [0.25, 0.3) is 0 Å². The van der Waals surface area contributed by atoms with Crippen molar-refractivity contribution >= 4 is 0 Å². The van der Waals surface area contributed by atoms with Crippen LogP contribution in [0.4, 0.5) is 0 Å². The van der Waals surface area contributed by atoms with E-state index in [9.17, 15) is 0 Å². The second-order valence-corrected chi connectivity index (χ2v) is 11.1. The Morgan fingerprint density at radius 1 is 0.259 bits per heavy atom. The van der Waals surface area contributed by atoms with Gasteiger partial charge in [0.05, 0.1) is 0 Å². The Bertz CT molecular complexity index is 301. The average Bonchev–Trinajstić information content (AvgIpc) is 2.65. The highest BCUT2D eigenvalue weighted by Crippen LogP contribution is 2.39. The summed E-state index contributed by atoms with van der Waals surface area (Å²) in [5, 5.41) is 0. The molecule has 0 heterocycles. The summed E-state index contributed by atoms with van der Waals surface area (Å²) in [5.74, 6) is 0. The molecule has 2 bridgehead atoms. The summed E-state index contributed by atoms with van der Waals surface area (Å²) in [7, 11) is 0. The van der Waals surface area contributed by atoms with Crippen molar-refractivity contribution in [1.29, 1.82) is 0 Å². The Balaban J connectivity index is 2.00. The molecular formula is C27H52. The molecule has 0 radical (unpaired) electrons. The number of rotatable bonds is 0. The molecule has 2 fully saturated rings. The monoisotopic (exact) mass is 376 g/mol. The normalized spacial score (nSPS) is 34.9. The van der Waals surface area contributed by atoms with Crippen LogP contribution >= 0.6 is 0 Å². The van der Waals surface area contributed by atoms with Gasteiger partial charge in [-0.25, -0.2) is 0 Å². The Hall–Kier alpha value is 0. The SMILES string of the molecule is CC12CCCCCCCCC(C)(CCCCCCCC1)CCCCCCC2. The predicted octanol–water partition coefficient (Wildman–Crippen LogP) is 10.00. The lowest BCUT2D eigenvalue weighted by Crippen LogP contribution is -2.16. The van der Waals surface area contributed by atoms with Gasteiger partial charge in [-0.2, -0.15) is 0 Å². The van der Waals surface area contributed by atoms with Gasteiger partial charge in [0, 0.05) is 0 Å². The van der Waals surface area contributed by atoms with E-state index < -0.39 is 0 Å². The maximum absolute atomic E-state index is 2.64. The van der Waals surface area contributed by atoms with Crippen molar-refractivity contribution in [2.24, 2.45) is 10.8 Å². The van der Waals surface area contributed by atoms with Crippen LogP contribution in [0.3, 0.4) is 0 Å². The van der Waals surface area contributed by atoms with E-state index >= 15 is 0 Å². The molecule has 0 unspecified atom stereocenters. The predicted molar refractivity (Wildman–Crippen MR) is 122 cm³/mol. The van der Waals surface area contributed by atoms with Crippen LogP contribution in [-0.2, 0) is 0 Å². The number of hydrogen-bond acceptors (Lipinski definition) is 0. The second-order valence-electron chi connectivity index (χ2n) is 11.1. The van der Waals surface area contributed by atoms with E-state index in [1.807, 2.05) is 0 Å².